The third kappa shape index (κ3) is 4.74. The second kappa shape index (κ2) is 8.36. The minimum Gasteiger partial charge on any atom is -0.228 e. The van der Waals surface area contributed by atoms with Crippen molar-refractivity contribution < 1.29 is 8.42 Å². The van der Waals surface area contributed by atoms with Gasteiger partial charge in [0.25, 0.3) is 0 Å². The highest BCUT2D eigenvalue weighted by Crippen LogP contribution is 2.45. The summed E-state index contributed by atoms with van der Waals surface area (Å²) in [6, 6.07) is 0. The Balaban J connectivity index is 1.84. The lowest BCUT2D eigenvalue weighted by Crippen LogP contribution is -2.42. The van der Waals surface area contributed by atoms with Crippen LogP contribution in [0.1, 0.15) is 97.8 Å². The second-order valence-corrected chi connectivity index (χ2v) is 11.2. The first-order valence-electron chi connectivity index (χ1n) is 10.1. The van der Waals surface area contributed by atoms with Gasteiger partial charge in [-0.3, -0.25) is 0 Å². The molecule has 3 heteroatoms. The van der Waals surface area contributed by atoms with Gasteiger partial charge in [-0.1, -0.05) is 46.0 Å². The molecule has 0 aliphatic heterocycles. The van der Waals surface area contributed by atoms with E-state index >= 15 is 0 Å². The molecular weight excluding hydrogens is 304 g/mol. The number of unbranched alkanes of at least 4 members (excludes halogenated alkanes) is 1. The lowest BCUT2D eigenvalue weighted by molar-refractivity contribution is 0.152. The molecule has 0 atom stereocenters. The number of sulfone groups is 1. The van der Waals surface area contributed by atoms with E-state index in [1.54, 1.807) is 0 Å². The molecule has 0 aromatic heterocycles. The summed E-state index contributed by atoms with van der Waals surface area (Å²) < 4.78 is 24.9. The Kier molecular flexibility index (Phi) is 7.01. The Hall–Kier alpha value is -0.0500. The standard InChI is InChI=1S/C20H38O2S/c1-4-6-16-23(21,22)20(3)14-12-19(13-15-20)18-10-8-17(7-5-2)9-11-18/h17-19H,4-16H2,1-3H3. The first-order chi connectivity index (χ1) is 10.9. The second-order valence-electron chi connectivity index (χ2n) is 8.53. The van der Waals surface area contributed by atoms with Crippen LogP contribution in [0.4, 0.5) is 0 Å². The van der Waals surface area contributed by atoms with E-state index in [9.17, 15) is 8.42 Å². The van der Waals surface area contributed by atoms with Crippen molar-refractivity contribution in [1.29, 1.82) is 0 Å². The predicted octanol–water partition coefficient (Wildman–Crippen LogP) is 5.76. The van der Waals surface area contributed by atoms with Gasteiger partial charge in [0.1, 0.15) is 0 Å². The average Bonchev–Trinajstić information content (AvgIpc) is 2.55. The van der Waals surface area contributed by atoms with Crippen LogP contribution in [0, 0.1) is 17.8 Å². The quantitative estimate of drug-likeness (QED) is 0.589. The molecule has 0 bridgehead atoms. The zero-order chi connectivity index (χ0) is 16.9. The SMILES string of the molecule is CCCCS(=O)(=O)C1(C)CCC(C2CCC(CCC)CC2)CC1. The van der Waals surface area contributed by atoms with Crippen LogP contribution in [-0.4, -0.2) is 18.9 Å². The Morgan fingerprint density at radius 3 is 1.96 bits per heavy atom. The Morgan fingerprint density at radius 2 is 1.43 bits per heavy atom. The van der Waals surface area contributed by atoms with Gasteiger partial charge in [0.05, 0.1) is 10.5 Å². The highest BCUT2D eigenvalue weighted by molar-refractivity contribution is 7.92. The van der Waals surface area contributed by atoms with Crippen LogP contribution in [0.3, 0.4) is 0 Å². The minimum absolute atomic E-state index is 0.396. The topological polar surface area (TPSA) is 34.1 Å². The Bertz CT molecular complexity index is 438. The molecule has 0 spiro atoms. The molecule has 2 aliphatic carbocycles. The van der Waals surface area contributed by atoms with Gasteiger partial charge in [-0.15, -0.1) is 0 Å². The minimum atomic E-state index is -2.92. The zero-order valence-corrected chi connectivity index (χ0v) is 16.5. The van der Waals surface area contributed by atoms with Gasteiger partial charge < -0.3 is 0 Å². The molecule has 0 N–H and O–H groups in total. The van der Waals surface area contributed by atoms with Gasteiger partial charge >= 0.3 is 0 Å². The molecule has 136 valence electrons. The first-order valence-corrected chi connectivity index (χ1v) is 11.8. The van der Waals surface area contributed by atoms with Crippen molar-refractivity contribution in [2.24, 2.45) is 17.8 Å². The van der Waals surface area contributed by atoms with Gasteiger partial charge in [-0.05, 0) is 69.6 Å². The Labute approximate surface area is 144 Å². The fourth-order valence-corrected chi connectivity index (χ4v) is 6.99. The molecule has 0 heterocycles. The van der Waals surface area contributed by atoms with E-state index in [0.717, 1.165) is 56.3 Å². The van der Waals surface area contributed by atoms with Crippen molar-refractivity contribution in [3.8, 4) is 0 Å². The molecule has 2 rings (SSSR count). The molecule has 0 amide bonds. The summed E-state index contributed by atoms with van der Waals surface area (Å²) in [5.74, 6) is 3.05. The van der Waals surface area contributed by atoms with E-state index in [4.69, 9.17) is 0 Å². The number of hydrogen-bond acceptors (Lipinski definition) is 2. The molecule has 2 nitrogen and oxygen atoms in total. The largest absolute Gasteiger partial charge is 0.228 e. The lowest BCUT2D eigenvalue weighted by atomic mass is 9.69. The third-order valence-corrected chi connectivity index (χ3v) is 9.60. The summed E-state index contributed by atoms with van der Waals surface area (Å²) in [5, 5.41) is 0. The van der Waals surface area contributed by atoms with E-state index in [1.165, 1.54) is 38.5 Å². The molecule has 0 saturated heterocycles. The van der Waals surface area contributed by atoms with Crippen molar-refractivity contribution in [2.45, 2.75) is 103 Å². The van der Waals surface area contributed by atoms with E-state index in [2.05, 4.69) is 13.8 Å². The van der Waals surface area contributed by atoms with Gasteiger partial charge in [0.15, 0.2) is 9.84 Å². The molecule has 0 aromatic carbocycles. The van der Waals surface area contributed by atoms with Crippen LogP contribution in [0.5, 0.6) is 0 Å². The van der Waals surface area contributed by atoms with Gasteiger partial charge in [0.2, 0.25) is 0 Å². The molecule has 2 saturated carbocycles. The Morgan fingerprint density at radius 1 is 0.870 bits per heavy atom. The molecule has 2 fully saturated rings. The first kappa shape index (κ1) is 19.3. The van der Waals surface area contributed by atoms with Gasteiger partial charge in [0, 0.05) is 0 Å². The summed E-state index contributed by atoms with van der Waals surface area (Å²) >= 11 is 0. The molecule has 2 aliphatic rings. The third-order valence-electron chi connectivity index (χ3n) is 6.86. The van der Waals surface area contributed by atoms with Crippen LogP contribution < -0.4 is 0 Å². The number of hydrogen-bond donors (Lipinski definition) is 0. The molecular formula is C20H38O2S. The molecule has 0 unspecified atom stereocenters. The van der Waals surface area contributed by atoms with E-state index in [1.807, 2.05) is 6.92 Å². The lowest BCUT2D eigenvalue weighted by Gasteiger charge is -2.41. The predicted molar refractivity (Wildman–Crippen MR) is 99.4 cm³/mol. The maximum absolute atomic E-state index is 12.7. The van der Waals surface area contributed by atoms with Crippen molar-refractivity contribution in [1.82, 2.24) is 0 Å². The summed E-state index contributed by atoms with van der Waals surface area (Å²) in [7, 11) is -2.92. The molecule has 0 aromatic rings. The molecule has 0 radical (unpaired) electrons. The smallest absolute Gasteiger partial charge is 0.155 e. The highest BCUT2D eigenvalue weighted by atomic mass is 32.2. The summed E-state index contributed by atoms with van der Waals surface area (Å²) in [4.78, 5) is 0. The van der Waals surface area contributed by atoms with Crippen LogP contribution in [0.2, 0.25) is 0 Å². The fourth-order valence-electron chi connectivity index (χ4n) is 4.97. The maximum atomic E-state index is 12.7. The average molecular weight is 343 g/mol. The van der Waals surface area contributed by atoms with Gasteiger partial charge in [-0.2, -0.15) is 0 Å². The van der Waals surface area contributed by atoms with Gasteiger partial charge in [-0.25, -0.2) is 8.42 Å². The van der Waals surface area contributed by atoms with Crippen LogP contribution in [-0.2, 0) is 9.84 Å². The van der Waals surface area contributed by atoms with Crippen LogP contribution in [0.15, 0.2) is 0 Å². The highest BCUT2D eigenvalue weighted by Gasteiger charge is 2.43. The van der Waals surface area contributed by atoms with Crippen molar-refractivity contribution in [3.63, 3.8) is 0 Å². The summed E-state index contributed by atoms with van der Waals surface area (Å²) in [5.41, 5.74) is 0. The van der Waals surface area contributed by atoms with Crippen molar-refractivity contribution in [2.75, 3.05) is 5.75 Å². The van der Waals surface area contributed by atoms with E-state index in [-0.39, 0.29) is 0 Å². The van der Waals surface area contributed by atoms with E-state index < -0.39 is 14.6 Å². The normalized spacial score (nSPS) is 36.0. The monoisotopic (exact) mass is 342 g/mol. The van der Waals surface area contributed by atoms with Crippen molar-refractivity contribution in [3.05, 3.63) is 0 Å². The van der Waals surface area contributed by atoms with Crippen LogP contribution in [0.25, 0.3) is 0 Å². The number of rotatable bonds is 7. The van der Waals surface area contributed by atoms with E-state index in [0.29, 0.717) is 5.75 Å². The summed E-state index contributed by atoms with van der Waals surface area (Å²) in [6.07, 6.45) is 14.2. The molecule has 23 heavy (non-hydrogen) atoms. The maximum Gasteiger partial charge on any atom is 0.155 e. The summed E-state index contributed by atoms with van der Waals surface area (Å²) in [6.45, 7) is 6.39. The van der Waals surface area contributed by atoms with Crippen molar-refractivity contribution >= 4 is 9.84 Å². The van der Waals surface area contributed by atoms with Crippen LogP contribution >= 0.6 is 0 Å². The zero-order valence-electron chi connectivity index (χ0n) is 15.6. The fraction of sp³-hybridized carbons (Fsp3) is 1.00.